The standard InChI is InChI=1S/C21H18FN5O2/c22-16-5-3-14(4-6-16)13-26-8-1-2-18(21(26)29)25-20(28)17-12-24-27-9-7-15(11-23)10-19(17)27/h1-10,12H,11,13,23H2,(H,25,28). The van der Waals surface area contributed by atoms with Gasteiger partial charge in [-0.15, -0.1) is 0 Å². The van der Waals surface area contributed by atoms with E-state index in [0.717, 1.165) is 11.1 Å². The zero-order valence-electron chi connectivity index (χ0n) is 15.4. The van der Waals surface area contributed by atoms with Crippen molar-refractivity contribution in [3.8, 4) is 0 Å². The molecule has 0 saturated carbocycles. The number of anilines is 1. The zero-order chi connectivity index (χ0) is 20.4. The lowest BCUT2D eigenvalue weighted by Gasteiger charge is -2.09. The molecule has 3 aromatic heterocycles. The minimum absolute atomic E-state index is 0.147. The fourth-order valence-corrected chi connectivity index (χ4v) is 3.06. The smallest absolute Gasteiger partial charge is 0.274 e. The first-order valence-corrected chi connectivity index (χ1v) is 8.97. The van der Waals surface area contributed by atoms with Gasteiger partial charge in [-0.1, -0.05) is 12.1 Å². The molecule has 4 aromatic rings. The van der Waals surface area contributed by atoms with Crippen molar-refractivity contribution >= 4 is 17.1 Å². The summed E-state index contributed by atoms with van der Waals surface area (Å²) in [5.74, 6) is -0.779. The molecule has 3 N–H and O–H groups in total. The fraction of sp³-hybridized carbons (Fsp3) is 0.0952. The number of benzene rings is 1. The van der Waals surface area contributed by atoms with Crippen LogP contribution in [0.25, 0.3) is 5.52 Å². The molecule has 4 rings (SSSR count). The van der Waals surface area contributed by atoms with Gasteiger partial charge in [0, 0.05) is 18.9 Å². The number of carbonyl (C=O) groups is 1. The first-order valence-electron chi connectivity index (χ1n) is 8.97. The second kappa shape index (κ2) is 7.69. The maximum absolute atomic E-state index is 13.1. The second-order valence-electron chi connectivity index (χ2n) is 6.56. The van der Waals surface area contributed by atoms with E-state index in [2.05, 4.69) is 10.4 Å². The zero-order valence-corrected chi connectivity index (χ0v) is 15.4. The molecule has 29 heavy (non-hydrogen) atoms. The molecule has 0 spiro atoms. The Balaban J connectivity index is 1.60. The van der Waals surface area contributed by atoms with Crippen molar-refractivity contribution in [1.82, 2.24) is 14.2 Å². The van der Waals surface area contributed by atoms with Crippen molar-refractivity contribution < 1.29 is 9.18 Å². The van der Waals surface area contributed by atoms with Gasteiger partial charge in [-0.25, -0.2) is 8.91 Å². The molecule has 0 bridgehead atoms. The minimum Gasteiger partial charge on any atom is -0.326 e. The van der Waals surface area contributed by atoms with Gasteiger partial charge in [0.15, 0.2) is 0 Å². The van der Waals surface area contributed by atoms with Crippen LogP contribution < -0.4 is 16.6 Å². The molecule has 0 aliphatic heterocycles. The number of halogens is 1. The Hall–Kier alpha value is -3.78. The second-order valence-corrected chi connectivity index (χ2v) is 6.56. The van der Waals surface area contributed by atoms with E-state index in [1.54, 1.807) is 47.2 Å². The van der Waals surface area contributed by atoms with Crippen molar-refractivity contribution in [1.29, 1.82) is 0 Å². The third-order valence-electron chi connectivity index (χ3n) is 4.60. The van der Waals surface area contributed by atoms with Crippen LogP contribution in [-0.2, 0) is 13.1 Å². The Morgan fingerprint density at radius 3 is 2.66 bits per heavy atom. The molecule has 0 aliphatic rings. The lowest BCUT2D eigenvalue weighted by atomic mass is 10.2. The van der Waals surface area contributed by atoms with E-state index in [1.807, 2.05) is 6.07 Å². The summed E-state index contributed by atoms with van der Waals surface area (Å²) >= 11 is 0. The van der Waals surface area contributed by atoms with E-state index in [-0.39, 0.29) is 23.6 Å². The minimum atomic E-state index is -0.439. The topological polar surface area (TPSA) is 94.4 Å². The Morgan fingerprint density at radius 2 is 1.90 bits per heavy atom. The summed E-state index contributed by atoms with van der Waals surface area (Å²) in [5, 5.41) is 6.82. The summed E-state index contributed by atoms with van der Waals surface area (Å²) in [4.78, 5) is 25.5. The normalized spacial score (nSPS) is 11.0. The van der Waals surface area contributed by atoms with Crippen LogP contribution in [0.2, 0.25) is 0 Å². The Labute approximate surface area is 165 Å². The Bertz CT molecular complexity index is 1240. The number of amides is 1. The van der Waals surface area contributed by atoms with E-state index < -0.39 is 5.91 Å². The molecule has 3 heterocycles. The fourth-order valence-electron chi connectivity index (χ4n) is 3.06. The van der Waals surface area contributed by atoms with Crippen molar-refractivity contribution in [3.63, 3.8) is 0 Å². The third-order valence-corrected chi connectivity index (χ3v) is 4.60. The molecule has 0 atom stereocenters. The van der Waals surface area contributed by atoms with Crippen molar-refractivity contribution in [2.75, 3.05) is 5.32 Å². The van der Waals surface area contributed by atoms with E-state index in [9.17, 15) is 14.0 Å². The molecule has 146 valence electrons. The van der Waals surface area contributed by atoms with Crippen LogP contribution in [0.3, 0.4) is 0 Å². The number of aromatic nitrogens is 3. The first-order chi connectivity index (χ1) is 14.0. The third kappa shape index (κ3) is 3.78. The molecule has 8 heteroatoms. The van der Waals surface area contributed by atoms with Gasteiger partial charge in [-0.05, 0) is 47.5 Å². The predicted octanol–water partition coefficient (Wildman–Crippen LogP) is 2.39. The summed E-state index contributed by atoms with van der Waals surface area (Å²) in [6, 6.07) is 12.7. The maximum atomic E-state index is 13.1. The SMILES string of the molecule is NCc1ccn2ncc(C(=O)Nc3cccn(Cc4ccc(F)cc4)c3=O)c2c1. The summed E-state index contributed by atoms with van der Waals surface area (Å²) in [6.45, 7) is 0.606. The van der Waals surface area contributed by atoms with Gasteiger partial charge < -0.3 is 15.6 Å². The molecule has 0 unspecified atom stereocenters. The van der Waals surface area contributed by atoms with Gasteiger partial charge in [-0.2, -0.15) is 5.10 Å². The average Bonchev–Trinajstić information content (AvgIpc) is 3.15. The number of carbonyl (C=O) groups excluding carboxylic acids is 1. The van der Waals surface area contributed by atoms with Crippen LogP contribution in [0.1, 0.15) is 21.5 Å². The summed E-state index contributed by atoms with van der Waals surface area (Å²) < 4.78 is 16.1. The van der Waals surface area contributed by atoms with Gasteiger partial charge in [0.1, 0.15) is 11.5 Å². The lowest BCUT2D eigenvalue weighted by molar-refractivity contribution is 0.102. The summed E-state index contributed by atoms with van der Waals surface area (Å²) in [6.07, 6.45) is 4.79. The van der Waals surface area contributed by atoms with Crippen LogP contribution in [0, 0.1) is 5.82 Å². The van der Waals surface area contributed by atoms with Crippen LogP contribution in [0.5, 0.6) is 0 Å². The highest BCUT2D eigenvalue weighted by Gasteiger charge is 2.15. The molecule has 0 fully saturated rings. The summed E-state index contributed by atoms with van der Waals surface area (Å²) in [7, 11) is 0. The van der Waals surface area contributed by atoms with Gasteiger partial charge in [0.2, 0.25) is 0 Å². The molecule has 7 nitrogen and oxygen atoms in total. The first kappa shape index (κ1) is 18.6. The molecular weight excluding hydrogens is 373 g/mol. The van der Waals surface area contributed by atoms with Crippen molar-refractivity contribution in [3.05, 3.63) is 100.0 Å². The highest BCUT2D eigenvalue weighted by atomic mass is 19.1. The number of pyridine rings is 2. The number of nitrogens with one attached hydrogen (secondary N) is 1. The number of hydrogen-bond donors (Lipinski definition) is 2. The molecular formula is C21H18FN5O2. The molecule has 0 radical (unpaired) electrons. The quantitative estimate of drug-likeness (QED) is 0.546. The molecule has 0 aliphatic carbocycles. The van der Waals surface area contributed by atoms with Gasteiger partial charge in [0.05, 0.1) is 23.8 Å². The van der Waals surface area contributed by atoms with Gasteiger partial charge in [0.25, 0.3) is 11.5 Å². The Kier molecular flexibility index (Phi) is 4.92. The van der Waals surface area contributed by atoms with Crippen molar-refractivity contribution in [2.24, 2.45) is 5.73 Å². The maximum Gasteiger partial charge on any atom is 0.274 e. The summed E-state index contributed by atoms with van der Waals surface area (Å²) in [5.41, 5.74) is 8.05. The highest BCUT2D eigenvalue weighted by Crippen LogP contribution is 2.14. The van der Waals surface area contributed by atoms with E-state index in [1.165, 1.54) is 22.9 Å². The highest BCUT2D eigenvalue weighted by molar-refractivity contribution is 6.08. The van der Waals surface area contributed by atoms with Crippen LogP contribution >= 0.6 is 0 Å². The predicted molar refractivity (Wildman–Crippen MR) is 107 cm³/mol. The van der Waals surface area contributed by atoms with Crippen LogP contribution in [0.15, 0.2) is 71.9 Å². The van der Waals surface area contributed by atoms with Gasteiger partial charge >= 0.3 is 0 Å². The Morgan fingerprint density at radius 1 is 1.10 bits per heavy atom. The number of nitrogens with zero attached hydrogens (tertiary/aromatic N) is 3. The van der Waals surface area contributed by atoms with E-state index in [0.29, 0.717) is 17.6 Å². The van der Waals surface area contributed by atoms with E-state index >= 15 is 0 Å². The largest absolute Gasteiger partial charge is 0.326 e. The average molecular weight is 391 g/mol. The molecule has 1 aromatic carbocycles. The van der Waals surface area contributed by atoms with Gasteiger partial charge in [-0.3, -0.25) is 9.59 Å². The number of nitrogens with two attached hydrogens (primary N) is 1. The van der Waals surface area contributed by atoms with Crippen LogP contribution in [0.4, 0.5) is 10.1 Å². The van der Waals surface area contributed by atoms with E-state index in [4.69, 9.17) is 5.73 Å². The number of hydrogen-bond acceptors (Lipinski definition) is 4. The molecule has 1 amide bonds. The monoisotopic (exact) mass is 391 g/mol. The lowest BCUT2D eigenvalue weighted by Crippen LogP contribution is -2.25. The number of fused-ring (bicyclic) bond motifs is 1. The number of rotatable bonds is 5. The van der Waals surface area contributed by atoms with Crippen molar-refractivity contribution in [2.45, 2.75) is 13.1 Å². The van der Waals surface area contributed by atoms with Crippen LogP contribution in [-0.4, -0.2) is 20.1 Å². The molecule has 0 saturated heterocycles.